The first-order valence-electron chi connectivity index (χ1n) is 12.9. The molecule has 0 aliphatic heterocycles. The van der Waals surface area contributed by atoms with Crippen LogP contribution in [0.5, 0.6) is 11.5 Å². The lowest BCUT2D eigenvalue weighted by atomic mass is 9.94. The number of aldehydes is 1. The van der Waals surface area contributed by atoms with E-state index in [4.69, 9.17) is 14.2 Å². The van der Waals surface area contributed by atoms with Gasteiger partial charge in [0.05, 0.1) is 52.5 Å². The predicted octanol–water partition coefficient (Wildman–Crippen LogP) is 5.35. The summed E-state index contributed by atoms with van der Waals surface area (Å²) in [7, 11) is 0. The normalized spacial score (nSPS) is 11.5. The van der Waals surface area contributed by atoms with Gasteiger partial charge in [-0.15, -0.1) is 0 Å². The minimum atomic E-state index is -2.02. The molecular weight excluding hydrogens is 616 g/mol. The van der Waals surface area contributed by atoms with Crippen LogP contribution < -0.4 is 9.47 Å². The number of esters is 2. The number of carbonyl (C=O) groups excluding carboxylic acids is 3. The smallest absolute Gasteiger partial charge is 0.313 e. The third-order valence-corrected chi connectivity index (χ3v) is 5.95. The van der Waals surface area contributed by atoms with Gasteiger partial charge in [0, 0.05) is 23.0 Å². The molecule has 0 aromatic heterocycles. The van der Waals surface area contributed by atoms with Crippen molar-refractivity contribution in [3.05, 3.63) is 57.7 Å². The number of rotatable bonds is 17. The third kappa shape index (κ3) is 9.43. The third-order valence-electron chi connectivity index (χ3n) is 5.95. The van der Waals surface area contributed by atoms with Crippen LogP contribution >= 0.6 is 0 Å². The average Bonchev–Trinajstić information content (AvgIpc) is 3.00. The van der Waals surface area contributed by atoms with E-state index >= 15 is 0 Å². The van der Waals surface area contributed by atoms with Crippen LogP contribution in [0.25, 0.3) is 0 Å². The fourth-order valence-electron chi connectivity index (χ4n) is 3.48. The highest BCUT2D eigenvalue weighted by Gasteiger charge is 2.29. The van der Waals surface area contributed by atoms with Gasteiger partial charge < -0.3 is 28.5 Å². The fraction of sp³-hybridized carbons (Fsp3) is 0.464. The molecule has 0 fully saturated rings. The molecular formula is C28H28F8O8. The van der Waals surface area contributed by atoms with Gasteiger partial charge in [0.2, 0.25) is 23.1 Å². The SMILES string of the molecule is Cc1c(F)c(F)c(F)c(OC(=O)CCOCC(C)(COCCC=O)COCCC(=O)Oc2c(F)c(C)c(F)c(F)c2F)c1F. The Bertz CT molecular complexity index is 1220. The Balaban J connectivity index is 1.90. The van der Waals surface area contributed by atoms with Crippen molar-refractivity contribution < 1.29 is 73.2 Å². The summed E-state index contributed by atoms with van der Waals surface area (Å²) in [5, 5.41) is 0. The summed E-state index contributed by atoms with van der Waals surface area (Å²) < 4.78 is 135. The van der Waals surface area contributed by atoms with Gasteiger partial charge in [-0.2, -0.15) is 8.78 Å². The molecule has 44 heavy (non-hydrogen) atoms. The number of hydrogen-bond donors (Lipinski definition) is 0. The van der Waals surface area contributed by atoms with E-state index in [2.05, 4.69) is 9.47 Å². The van der Waals surface area contributed by atoms with Crippen LogP contribution in [0, 0.1) is 65.8 Å². The molecule has 0 N–H and O–H groups in total. The summed E-state index contributed by atoms with van der Waals surface area (Å²) in [5.74, 6) is -20.0. The second-order valence-corrected chi connectivity index (χ2v) is 9.79. The van der Waals surface area contributed by atoms with Crippen LogP contribution in [0.3, 0.4) is 0 Å². The highest BCUT2D eigenvalue weighted by atomic mass is 19.2. The molecule has 0 atom stereocenters. The molecule has 16 heteroatoms. The molecule has 0 unspecified atom stereocenters. The number of ether oxygens (including phenoxy) is 5. The van der Waals surface area contributed by atoms with E-state index in [-0.39, 0.29) is 46.1 Å². The van der Waals surface area contributed by atoms with Crippen molar-refractivity contribution in [3.8, 4) is 11.5 Å². The van der Waals surface area contributed by atoms with Crippen molar-refractivity contribution >= 4 is 18.2 Å². The Labute approximate surface area is 246 Å². The highest BCUT2D eigenvalue weighted by molar-refractivity contribution is 5.73. The van der Waals surface area contributed by atoms with Gasteiger partial charge in [-0.1, -0.05) is 6.92 Å². The number of carbonyl (C=O) groups is 3. The summed E-state index contributed by atoms with van der Waals surface area (Å²) in [6, 6.07) is 0. The average molecular weight is 645 g/mol. The summed E-state index contributed by atoms with van der Waals surface area (Å²) in [6.07, 6.45) is -0.449. The van der Waals surface area contributed by atoms with E-state index in [9.17, 15) is 49.5 Å². The molecule has 0 saturated carbocycles. The zero-order chi connectivity index (χ0) is 33.2. The highest BCUT2D eigenvalue weighted by Crippen LogP contribution is 2.31. The Kier molecular flexibility index (Phi) is 13.7. The fourth-order valence-corrected chi connectivity index (χ4v) is 3.48. The molecule has 0 heterocycles. The van der Waals surface area contributed by atoms with E-state index in [0.29, 0.717) is 6.29 Å². The van der Waals surface area contributed by atoms with Crippen molar-refractivity contribution in [3.63, 3.8) is 0 Å². The molecule has 0 aliphatic carbocycles. The van der Waals surface area contributed by atoms with E-state index < -0.39 is 99.4 Å². The summed E-state index contributed by atoms with van der Waals surface area (Å²) in [4.78, 5) is 34.6. The first kappa shape index (κ1) is 36.6. The quantitative estimate of drug-likeness (QED) is 0.0433. The van der Waals surface area contributed by atoms with Crippen LogP contribution in [-0.2, 0) is 28.6 Å². The molecule has 2 aromatic carbocycles. The van der Waals surface area contributed by atoms with Crippen molar-refractivity contribution in [1.29, 1.82) is 0 Å². The first-order valence-corrected chi connectivity index (χ1v) is 12.9. The van der Waals surface area contributed by atoms with Crippen LogP contribution in [0.1, 0.15) is 37.3 Å². The molecule has 0 aliphatic rings. The van der Waals surface area contributed by atoms with Gasteiger partial charge in [0.15, 0.2) is 34.9 Å². The molecule has 0 spiro atoms. The van der Waals surface area contributed by atoms with Crippen molar-refractivity contribution in [1.82, 2.24) is 0 Å². The second kappa shape index (κ2) is 16.4. The zero-order valence-corrected chi connectivity index (χ0v) is 23.7. The van der Waals surface area contributed by atoms with Crippen molar-refractivity contribution in [2.75, 3.05) is 39.6 Å². The molecule has 8 nitrogen and oxygen atoms in total. The zero-order valence-electron chi connectivity index (χ0n) is 23.7. The van der Waals surface area contributed by atoms with Gasteiger partial charge in [0.1, 0.15) is 6.29 Å². The lowest BCUT2D eigenvalue weighted by Crippen LogP contribution is -2.35. The number of hydrogen-bond acceptors (Lipinski definition) is 8. The minimum Gasteiger partial charge on any atom is -0.420 e. The topological polar surface area (TPSA) is 97.4 Å². The maximum Gasteiger partial charge on any atom is 0.313 e. The van der Waals surface area contributed by atoms with E-state index in [1.807, 2.05) is 0 Å². The van der Waals surface area contributed by atoms with Crippen LogP contribution in [0.2, 0.25) is 0 Å². The molecule has 0 radical (unpaired) electrons. The Morgan fingerprint density at radius 1 is 0.591 bits per heavy atom. The van der Waals surface area contributed by atoms with Gasteiger partial charge in [-0.05, 0) is 13.8 Å². The van der Waals surface area contributed by atoms with Crippen molar-refractivity contribution in [2.24, 2.45) is 5.41 Å². The largest absolute Gasteiger partial charge is 0.420 e. The first-order chi connectivity index (χ1) is 20.6. The van der Waals surface area contributed by atoms with Crippen LogP contribution in [0.15, 0.2) is 0 Å². The summed E-state index contributed by atoms with van der Waals surface area (Å²) in [5.41, 5.74) is -2.76. The van der Waals surface area contributed by atoms with Crippen LogP contribution in [0.4, 0.5) is 35.1 Å². The monoisotopic (exact) mass is 644 g/mol. The summed E-state index contributed by atoms with van der Waals surface area (Å²) in [6.45, 7) is 2.12. The Hall–Kier alpha value is -3.63. The molecule has 2 aromatic rings. The molecule has 0 amide bonds. The molecule has 0 saturated heterocycles. The predicted molar refractivity (Wildman–Crippen MR) is 134 cm³/mol. The molecule has 0 bridgehead atoms. The Morgan fingerprint density at radius 2 is 0.955 bits per heavy atom. The van der Waals surface area contributed by atoms with E-state index in [1.54, 1.807) is 6.92 Å². The second-order valence-electron chi connectivity index (χ2n) is 9.79. The standard InChI is InChI=1S/C28H28F8O8/c1-14-18(29)22(33)24(35)26(20(14)31)43-16(38)5-9-41-12-28(3,11-40-8-4-7-37)13-42-10-6-17(39)44-27-21(32)15(2)19(30)23(34)25(27)36/h7H,4-6,8-13H2,1-3H3. The van der Waals surface area contributed by atoms with Crippen molar-refractivity contribution in [2.45, 2.75) is 40.0 Å². The van der Waals surface area contributed by atoms with Gasteiger partial charge in [-0.25, -0.2) is 26.3 Å². The number of halogens is 8. The lowest BCUT2D eigenvalue weighted by Gasteiger charge is -2.29. The summed E-state index contributed by atoms with van der Waals surface area (Å²) >= 11 is 0. The van der Waals surface area contributed by atoms with E-state index in [0.717, 1.165) is 13.8 Å². The van der Waals surface area contributed by atoms with E-state index in [1.165, 1.54) is 0 Å². The lowest BCUT2D eigenvalue weighted by molar-refractivity contribution is -0.136. The number of benzene rings is 2. The maximum atomic E-state index is 14.1. The Morgan fingerprint density at radius 3 is 1.32 bits per heavy atom. The van der Waals surface area contributed by atoms with Gasteiger partial charge in [0.25, 0.3) is 0 Å². The van der Waals surface area contributed by atoms with Crippen LogP contribution in [-0.4, -0.2) is 57.9 Å². The van der Waals surface area contributed by atoms with Gasteiger partial charge >= 0.3 is 11.9 Å². The molecule has 2 rings (SSSR count). The molecule has 244 valence electrons. The minimum absolute atomic E-state index is 0.0350. The van der Waals surface area contributed by atoms with Gasteiger partial charge in [-0.3, -0.25) is 9.59 Å². The maximum absolute atomic E-state index is 14.1.